The molecule has 1 unspecified atom stereocenters. The molecule has 2 aliphatic rings. The summed E-state index contributed by atoms with van der Waals surface area (Å²) < 4.78 is 0. The van der Waals surface area contributed by atoms with Crippen molar-refractivity contribution in [3.8, 4) is 5.82 Å². The van der Waals surface area contributed by atoms with E-state index in [-0.39, 0.29) is 5.17 Å². The highest BCUT2D eigenvalue weighted by Gasteiger charge is 2.42. The van der Waals surface area contributed by atoms with E-state index in [9.17, 15) is 0 Å². The van der Waals surface area contributed by atoms with E-state index in [2.05, 4.69) is 40.5 Å². The highest BCUT2D eigenvalue weighted by Crippen LogP contribution is 2.26. The number of anilines is 1. The van der Waals surface area contributed by atoms with Gasteiger partial charge in [-0.3, -0.25) is 0 Å². The fraction of sp³-hybridized carbons (Fsp3) is 0.0833. The topological polar surface area (TPSA) is 105 Å². The van der Waals surface area contributed by atoms with E-state index in [0.717, 1.165) is 0 Å². The van der Waals surface area contributed by atoms with E-state index in [1.807, 2.05) is 6.07 Å². The lowest BCUT2D eigenvalue weighted by Crippen LogP contribution is -2.45. The Morgan fingerprint density at radius 3 is 2.64 bits per heavy atom. The van der Waals surface area contributed by atoms with E-state index in [1.54, 1.807) is 24.5 Å². The van der Waals surface area contributed by atoms with Crippen molar-refractivity contribution in [1.29, 1.82) is 0 Å². The highest BCUT2D eigenvalue weighted by molar-refractivity contribution is 6.86. The number of fused-ring (bicyclic) bond motifs is 1. The lowest BCUT2D eigenvalue weighted by Gasteiger charge is -2.26. The van der Waals surface area contributed by atoms with Crippen LogP contribution in [0.15, 0.2) is 50.6 Å². The summed E-state index contributed by atoms with van der Waals surface area (Å²) in [7, 11) is 0. The summed E-state index contributed by atoms with van der Waals surface area (Å²) in [4.78, 5) is 22.4. The minimum atomic E-state index is -1.12. The summed E-state index contributed by atoms with van der Waals surface area (Å²) in [5.41, 5.74) is 0.432. The molecule has 0 saturated heterocycles. The summed E-state index contributed by atoms with van der Waals surface area (Å²) in [6.45, 7) is 0. The second-order valence-corrected chi connectivity index (χ2v) is 4.74. The molecule has 108 valence electrons. The van der Waals surface area contributed by atoms with E-state index in [1.165, 1.54) is 17.5 Å². The van der Waals surface area contributed by atoms with E-state index in [0.29, 0.717) is 17.3 Å². The van der Waals surface area contributed by atoms with Crippen molar-refractivity contribution in [2.24, 2.45) is 20.0 Å². The number of nitrogens with one attached hydrogen (secondary N) is 1. The summed E-state index contributed by atoms with van der Waals surface area (Å²) in [6.07, 6.45) is 5.89. The van der Waals surface area contributed by atoms with Crippen molar-refractivity contribution >= 4 is 41.0 Å². The van der Waals surface area contributed by atoms with Crippen LogP contribution in [-0.4, -0.2) is 49.3 Å². The van der Waals surface area contributed by atoms with Crippen molar-refractivity contribution in [3.05, 3.63) is 30.6 Å². The second kappa shape index (κ2) is 4.81. The molecule has 0 spiro atoms. The van der Waals surface area contributed by atoms with Gasteiger partial charge < -0.3 is 5.32 Å². The van der Waals surface area contributed by atoms with Crippen LogP contribution in [-0.2, 0) is 0 Å². The fourth-order valence-corrected chi connectivity index (χ4v) is 2.30. The van der Waals surface area contributed by atoms with Gasteiger partial charge in [-0.2, -0.15) is 10.2 Å². The van der Waals surface area contributed by atoms with Gasteiger partial charge in [-0.15, -0.1) is 4.80 Å². The molecule has 9 nitrogen and oxygen atoms in total. The Hall–Kier alpha value is -2.94. The molecule has 0 fully saturated rings. The van der Waals surface area contributed by atoms with Crippen LogP contribution < -0.4 is 5.32 Å². The van der Waals surface area contributed by atoms with Gasteiger partial charge in [-0.25, -0.2) is 25.0 Å². The number of halogens is 1. The zero-order valence-corrected chi connectivity index (χ0v) is 11.8. The Kier molecular flexibility index (Phi) is 2.79. The summed E-state index contributed by atoms with van der Waals surface area (Å²) in [5, 5.41) is 11.4. The molecule has 0 aliphatic carbocycles. The summed E-state index contributed by atoms with van der Waals surface area (Å²) >= 11 is 6.05. The SMILES string of the molecule is ClC1=NC=NC2(Nc3cccc(-n4nccn4)n3)N=CN=C12. The van der Waals surface area contributed by atoms with Crippen LogP contribution in [0.4, 0.5) is 5.82 Å². The van der Waals surface area contributed by atoms with Crippen LogP contribution in [0.1, 0.15) is 0 Å². The molecule has 1 atom stereocenters. The molecule has 0 aromatic carbocycles. The Morgan fingerprint density at radius 2 is 1.82 bits per heavy atom. The minimum absolute atomic E-state index is 0.241. The van der Waals surface area contributed by atoms with Crippen LogP contribution in [0.25, 0.3) is 5.82 Å². The molecule has 22 heavy (non-hydrogen) atoms. The van der Waals surface area contributed by atoms with Gasteiger partial charge in [-0.05, 0) is 12.1 Å². The Labute approximate surface area is 129 Å². The number of pyridine rings is 1. The van der Waals surface area contributed by atoms with Crippen LogP contribution in [0.3, 0.4) is 0 Å². The molecule has 0 amide bonds. The average molecular weight is 314 g/mol. The summed E-state index contributed by atoms with van der Waals surface area (Å²) in [6, 6.07) is 5.39. The molecule has 2 aliphatic heterocycles. The first-order chi connectivity index (χ1) is 10.8. The Morgan fingerprint density at radius 1 is 1.05 bits per heavy atom. The van der Waals surface area contributed by atoms with Gasteiger partial charge >= 0.3 is 0 Å². The maximum atomic E-state index is 6.05. The number of hydrogen-bond acceptors (Lipinski definition) is 8. The lowest BCUT2D eigenvalue weighted by atomic mass is 10.2. The Balaban J connectivity index is 1.69. The highest BCUT2D eigenvalue weighted by atomic mass is 35.5. The molecule has 0 bridgehead atoms. The maximum Gasteiger partial charge on any atom is 0.277 e. The van der Waals surface area contributed by atoms with Crippen LogP contribution >= 0.6 is 11.6 Å². The van der Waals surface area contributed by atoms with Gasteiger partial charge in [0.05, 0.1) is 12.4 Å². The van der Waals surface area contributed by atoms with Crippen molar-refractivity contribution in [1.82, 2.24) is 20.0 Å². The monoisotopic (exact) mass is 313 g/mol. The number of nitrogens with zero attached hydrogens (tertiary/aromatic N) is 8. The van der Waals surface area contributed by atoms with Crippen LogP contribution in [0.5, 0.6) is 0 Å². The number of hydrogen-bond donors (Lipinski definition) is 1. The average Bonchev–Trinajstić information content (AvgIpc) is 3.17. The normalized spacial score (nSPS) is 22.2. The largest absolute Gasteiger partial charge is 0.322 e. The standard InChI is InChI=1S/C12H8ClN9/c13-11-10-12(16-6-14-10,17-7-15-11)21-8-2-1-3-9(20-8)22-18-4-5-19-22/h1-7H,(H,20,21). The zero-order chi connectivity index (χ0) is 15.0. The number of rotatable bonds is 3. The molecule has 4 heterocycles. The fourth-order valence-electron chi connectivity index (χ4n) is 2.08. The predicted octanol–water partition coefficient (Wildman–Crippen LogP) is 0.890. The van der Waals surface area contributed by atoms with Gasteiger partial charge in [0.1, 0.15) is 18.5 Å². The summed E-state index contributed by atoms with van der Waals surface area (Å²) in [5.74, 6) is -0.0290. The lowest BCUT2D eigenvalue weighted by molar-refractivity contribution is 0.693. The van der Waals surface area contributed by atoms with Crippen molar-refractivity contribution in [3.63, 3.8) is 0 Å². The first-order valence-corrected chi connectivity index (χ1v) is 6.66. The van der Waals surface area contributed by atoms with E-state index < -0.39 is 5.79 Å². The van der Waals surface area contributed by atoms with Crippen LogP contribution in [0, 0.1) is 0 Å². The molecule has 2 aromatic rings. The first kappa shape index (κ1) is 12.8. The minimum Gasteiger partial charge on any atom is -0.322 e. The van der Waals surface area contributed by atoms with Gasteiger partial charge in [-0.1, -0.05) is 17.7 Å². The molecular weight excluding hydrogens is 306 g/mol. The molecule has 2 aromatic heterocycles. The van der Waals surface area contributed by atoms with Gasteiger partial charge in [0, 0.05) is 0 Å². The van der Waals surface area contributed by atoms with E-state index >= 15 is 0 Å². The maximum absolute atomic E-state index is 6.05. The third-order valence-corrected chi connectivity index (χ3v) is 3.31. The molecule has 4 rings (SSSR count). The van der Waals surface area contributed by atoms with Gasteiger partial charge in [0.2, 0.25) is 0 Å². The third kappa shape index (κ3) is 1.99. The van der Waals surface area contributed by atoms with Crippen molar-refractivity contribution in [2.75, 3.05) is 5.32 Å². The molecule has 0 saturated carbocycles. The molecule has 1 N–H and O–H groups in total. The molecule has 10 heteroatoms. The van der Waals surface area contributed by atoms with Crippen molar-refractivity contribution < 1.29 is 0 Å². The van der Waals surface area contributed by atoms with E-state index in [4.69, 9.17) is 11.6 Å². The molecule has 0 radical (unpaired) electrons. The second-order valence-electron chi connectivity index (χ2n) is 4.38. The first-order valence-electron chi connectivity index (χ1n) is 6.28. The number of aliphatic imine (C=N–C) groups is 4. The Bertz CT molecular complexity index is 836. The molecular formula is C12H8ClN9. The van der Waals surface area contributed by atoms with Crippen molar-refractivity contribution in [2.45, 2.75) is 5.79 Å². The smallest absolute Gasteiger partial charge is 0.277 e. The van der Waals surface area contributed by atoms with Gasteiger partial charge in [0.15, 0.2) is 16.7 Å². The van der Waals surface area contributed by atoms with Crippen LogP contribution in [0.2, 0.25) is 0 Å². The van der Waals surface area contributed by atoms with Gasteiger partial charge in [0.25, 0.3) is 5.79 Å². The zero-order valence-electron chi connectivity index (χ0n) is 11.0. The third-order valence-electron chi connectivity index (χ3n) is 3.03. The number of aromatic nitrogens is 4. The predicted molar refractivity (Wildman–Crippen MR) is 83.2 cm³/mol. The quantitative estimate of drug-likeness (QED) is 0.908.